The van der Waals surface area contributed by atoms with Crippen molar-refractivity contribution in [1.29, 1.82) is 0 Å². The lowest BCUT2D eigenvalue weighted by Gasteiger charge is -2.04. The molecule has 0 saturated heterocycles. The molecule has 1 heterocycles. The maximum Gasteiger partial charge on any atom is 0.248 e. The molecule has 108 valence electrons. The van der Waals surface area contributed by atoms with E-state index >= 15 is 0 Å². The molecule has 1 aromatic carbocycles. The molecule has 0 radical (unpaired) electrons. The number of nitrogens with zero attached hydrogens (tertiary/aromatic N) is 1. The number of hydrogen-bond donors (Lipinski definition) is 2. The monoisotopic (exact) mass is 304 g/mol. The fourth-order valence-electron chi connectivity index (χ4n) is 1.65. The summed E-state index contributed by atoms with van der Waals surface area (Å²) < 4.78 is 4.94. The zero-order valence-corrected chi connectivity index (χ0v) is 12.0. The van der Waals surface area contributed by atoms with Crippen LogP contribution in [0.3, 0.4) is 0 Å². The van der Waals surface area contributed by atoms with Crippen LogP contribution in [0.25, 0.3) is 6.08 Å². The van der Waals surface area contributed by atoms with Gasteiger partial charge in [-0.05, 0) is 35.9 Å². The largest absolute Gasteiger partial charge is 0.504 e. The second-order valence-electron chi connectivity index (χ2n) is 4.12. The Morgan fingerprint density at radius 3 is 2.86 bits per heavy atom. The third-order valence-corrected chi connectivity index (χ3v) is 2.83. The predicted molar refractivity (Wildman–Crippen MR) is 81.6 cm³/mol. The number of benzene rings is 1. The molecule has 5 nitrogen and oxygen atoms in total. The summed E-state index contributed by atoms with van der Waals surface area (Å²) >= 11 is 5.73. The highest BCUT2D eigenvalue weighted by Crippen LogP contribution is 2.26. The maximum absolute atomic E-state index is 11.8. The number of hydrogen-bond acceptors (Lipinski definition) is 4. The van der Waals surface area contributed by atoms with Crippen LogP contribution in [0.5, 0.6) is 11.5 Å². The smallest absolute Gasteiger partial charge is 0.248 e. The van der Waals surface area contributed by atoms with Gasteiger partial charge in [0.2, 0.25) is 5.91 Å². The van der Waals surface area contributed by atoms with Crippen LogP contribution in [-0.4, -0.2) is 23.1 Å². The van der Waals surface area contributed by atoms with E-state index < -0.39 is 0 Å². The second-order valence-corrected chi connectivity index (χ2v) is 4.51. The summed E-state index contributed by atoms with van der Waals surface area (Å²) in [5, 5.41) is 12.6. The Kier molecular flexibility index (Phi) is 4.79. The average molecular weight is 305 g/mol. The minimum atomic E-state index is -0.312. The summed E-state index contributed by atoms with van der Waals surface area (Å²) in [5.74, 6) is 0.0802. The van der Waals surface area contributed by atoms with Crippen LogP contribution in [-0.2, 0) is 4.79 Å². The van der Waals surface area contributed by atoms with Gasteiger partial charge in [-0.25, -0.2) is 4.98 Å². The molecule has 0 atom stereocenters. The highest BCUT2D eigenvalue weighted by Gasteiger charge is 2.02. The first-order valence-electron chi connectivity index (χ1n) is 6.06. The van der Waals surface area contributed by atoms with Crippen LogP contribution in [0.15, 0.2) is 42.6 Å². The molecule has 0 saturated carbocycles. The summed E-state index contributed by atoms with van der Waals surface area (Å²) in [6.07, 6.45) is 4.44. The fraction of sp³-hybridized carbons (Fsp3) is 0.0667. The minimum Gasteiger partial charge on any atom is -0.504 e. The number of aromatic hydroxyl groups is 1. The molecule has 2 rings (SSSR count). The Balaban J connectivity index is 2.03. The number of aromatic nitrogens is 1. The van der Waals surface area contributed by atoms with E-state index in [0.29, 0.717) is 22.2 Å². The molecule has 0 spiro atoms. The molecule has 0 aliphatic carbocycles. The number of ether oxygens (including phenoxy) is 1. The van der Waals surface area contributed by atoms with Crippen molar-refractivity contribution in [3.8, 4) is 11.5 Å². The van der Waals surface area contributed by atoms with E-state index in [1.807, 2.05) is 0 Å². The number of rotatable bonds is 4. The van der Waals surface area contributed by atoms with Gasteiger partial charge in [0.1, 0.15) is 5.15 Å². The van der Waals surface area contributed by atoms with Gasteiger partial charge in [0.25, 0.3) is 0 Å². The van der Waals surface area contributed by atoms with Crippen LogP contribution < -0.4 is 10.1 Å². The number of pyridine rings is 1. The Bertz CT molecular complexity index is 686. The lowest BCUT2D eigenvalue weighted by molar-refractivity contribution is -0.111. The number of methoxy groups -OCH3 is 1. The first kappa shape index (κ1) is 14.9. The van der Waals surface area contributed by atoms with Gasteiger partial charge in [0.05, 0.1) is 7.11 Å². The van der Waals surface area contributed by atoms with E-state index in [4.69, 9.17) is 16.3 Å². The molecule has 1 aromatic heterocycles. The molecule has 2 aromatic rings. The molecule has 0 aliphatic rings. The Morgan fingerprint density at radius 2 is 2.19 bits per heavy atom. The van der Waals surface area contributed by atoms with Gasteiger partial charge >= 0.3 is 0 Å². The molecular weight excluding hydrogens is 292 g/mol. The van der Waals surface area contributed by atoms with Gasteiger partial charge in [-0.1, -0.05) is 17.7 Å². The van der Waals surface area contributed by atoms with Gasteiger partial charge in [-0.15, -0.1) is 0 Å². The molecule has 6 heteroatoms. The van der Waals surface area contributed by atoms with E-state index in [0.717, 1.165) is 0 Å². The number of halogens is 1. The standard InChI is InChI=1S/C15H13ClN2O3/c1-21-13-4-2-10(8-12(13)19)3-5-15(20)18-11-6-7-17-14(16)9-11/h2-9,19H,1H3,(H,17,18,20)/b5-3+. The van der Waals surface area contributed by atoms with E-state index in [9.17, 15) is 9.90 Å². The normalized spacial score (nSPS) is 10.6. The molecular formula is C15H13ClN2O3. The van der Waals surface area contributed by atoms with Crippen molar-refractivity contribution in [2.24, 2.45) is 0 Å². The van der Waals surface area contributed by atoms with Crippen LogP contribution >= 0.6 is 11.6 Å². The zero-order valence-electron chi connectivity index (χ0n) is 11.2. The number of carbonyl (C=O) groups is 1. The lowest BCUT2D eigenvalue weighted by Crippen LogP contribution is -2.07. The zero-order chi connectivity index (χ0) is 15.2. The van der Waals surface area contributed by atoms with Crippen molar-refractivity contribution in [3.63, 3.8) is 0 Å². The van der Waals surface area contributed by atoms with Crippen molar-refractivity contribution in [2.45, 2.75) is 0 Å². The highest BCUT2D eigenvalue weighted by atomic mass is 35.5. The van der Waals surface area contributed by atoms with E-state index in [2.05, 4.69) is 10.3 Å². The Labute approximate surface area is 126 Å². The van der Waals surface area contributed by atoms with Gasteiger partial charge in [0, 0.05) is 18.0 Å². The van der Waals surface area contributed by atoms with Crippen LogP contribution in [0.1, 0.15) is 5.56 Å². The molecule has 21 heavy (non-hydrogen) atoms. The van der Waals surface area contributed by atoms with Gasteiger partial charge in [-0.3, -0.25) is 4.79 Å². The van der Waals surface area contributed by atoms with Crippen molar-refractivity contribution in [1.82, 2.24) is 4.98 Å². The van der Waals surface area contributed by atoms with Crippen molar-refractivity contribution in [3.05, 3.63) is 53.3 Å². The van der Waals surface area contributed by atoms with Crippen molar-refractivity contribution < 1.29 is 14.6 Å². The first-order valence-corrected chi connectivity index (χ1v) is 6.44. The third-order valence-electron chi connectivity index (χ3n) is 2.62. The van der Waals surface area contributed by atoms with Crippen molar-refractivity contribution in [2.75, 3.05) is 12.4 Å². The van der Waals surface area contributed by atoms with E-state index in [1.54, 1.807) is 30.3 Å². The fourth-order valence-corrected chi connectivity index (χ4v) is 1.82. The molecule has 2 N–H and O–H groups in total. The number of anilines is 1. The Hall–Kier alpha value is -2.53. The summed E-state index contributed by atoms with van der Waals surface area (Å²) in [7, 11) is 1.47. The number of phenols is 1. The number of phenolic OH excluding ortho intramolecular Hbond substituents is 1. The molecule has 0 bridgehead atoms. The minimum absolute atomic E-state index is 0.0148. The number of amides is 1. The lowest BCUT2D eigenvalue weighted by atomic mass is 10.2. The van der Waals surface area contributed by atoms with Gasteiger partial charge in [-0.2, -0.15) is 0 Å². The number of nitrogens with one attached hydrogen (secondary N) is 1. The molecule has 1 amide bonds. The van der Waals surface area contributed by atoms with Crippen LogP contribution in [0.2, 0.25) is 5.15 Å². The summed E-state index contributed by atoms with van der Waals surface area (Å²) in [4.78, 5) is 15.6. The summed E-state index contributed by atoms with van der Waals surface area (Å²) in [5.41, 5.74) is 1.23. The number of carbonyl (C=O) groups excluding carboxylic acids is 1. The summed E-state index contributed by atoms with van der Waals surface area (Å²) in [6, 6.07) is 8.04. The first-order chi connectivity index (χ1) is 10.1. The average Bonchev–Trinajstić information content (AvgIpc) is 2.45. The molecule has 0 unspecified atom stereocenters. The summed E-state index contributed by atoms with van der Waals surface area (Å²) in [6.45, 7) is 0. The van der Waals surface area contributed by atoms with Crippen molar-refractivity contribution >= 4 is 29.3 Å². The third kappa shape index (κ3) is 4.22. The van der Waals surface area contributed by atoms with E-state index in [1.165, 1.54) is 25.4 Å². The van der Waals surface area contributed by atoms with E-state index in [-0.39, 0.29) is 11.7 Å². The van der Waals surface area contributed by atoms with Crippen LogP contribution in [0.4, 0.5) is 5.69 Å². The maximum atomic E-state index is 11.8. The Morgan fingerprint density at radius 1 is 1.38 bits per heavy atom. The quantitative estimate of drug-likeness (QED) is 0.672. The molecule has 0 fully saturated rings. The van der Waals surface area contributed by atoms with Gasteiger partial charge < -0.3 is 15.2 Å². The van der Waals surface area contributed by atoms with Gasteiger partial charge in [0.15, 0.2) is 11.5 Å². The molecule has 0 aliphatic heterocycles. The SMILES string of the molecule is COc1ccc(/C=C/C(=O)Nc2ccnc(Cl)c2)cc1O. The second kappa shape index (κ2) is 6.76. The topological polar surface area (TPSA) is 71.5 Å². The van der Waals surface area contributed by atoms with Crippen LogP contribution in [0, 0.1) is 0 Å². The highest BCUT2D eigenvalue weighted by molar-refractivity contribution is 6.29. The predicted octanol–water partition coefficient (Wildman–Crippen LogP) is 3.10.